The zero-order valence-corrected chi connectivity index (χ0v) is 16.7. The number of fused-ring (bicyclic) bond motifs is 1. The molecular formula is C18H23BrN2O5. The fourth-order valence-corrected chi connectivity index (χ4v) is 3.40. The van der Waals surface area contributed by atoms with Gasteiger partial charge in [0, 0.05) is 25.2 Å². The summed E-state index contributed by atoms with van der Waals surface area (Å²) < 4.78 is 17.3. The summed E-state index contributed by atoms with van der Waals surface area (Å²) in [5.74, 6) is 0.286. The van der Waals surface area contributed by atoms with E-state index in [1.54, 1.807) is 17.0 Å². The molecule has 0 aromatic heterocycles. The normalized spacial score (nSPS) is 19.8. The summed E-state index contributed by atoms with van der Waals surface area (Å²) in [7, 11) is 0. The van der Waals surface area contributed by atoms with E-state index in [0.717, 1.165) is 10.0 Å². The lowest BCUT2D eigenvalue weighted by Crippen LogP contribution is -2.55. The van der Waals surface area contributed by atoms with Crippen molar-refractivity contribution in [2.24, 2.45) is 0 Å². The number of cyclic esters (lactones) is 1. The number of rotatable bonds is 3. The van der Waals surface area contributed by atoms with Gasteiger partial charge < -0.3 is 24.4 Å². The van der Waals surface area contributed by atoms with Crippen LogP contribution >= 0.6 is 15.9 Å². The number of esters is 1. The number of ether oxygens (including phenoxy) is 3. The number of hydrogen-bond acceptors (Lipinski definition) is 6. The first kappa shape index (κ1) is 19.0. The van der Waals surface area contributed by atoms with E-state index in [2.05, 4.69) is 21.2 Å². The highest BCUT2D eigenvalue weighted by Gasteiger charge is 2.29. The number of carbonyl (C=O) groups excluding carboxylic acids is 2. The Morgan fingerprint density at radius 1 is 1.42 bits per heavy atom. The molecule has 0 spiro atoms. The molecule has 1 N–H and O–H groups in total. The number of nitrogens with zero attached hydrogens (tertiary/aromatic N) is 1. The second kappa shape index (κ2) is 7.44. The molecule has 2 heterocycles. The number of benzene rings is 1. The monoisotopic (exact) mass is 426 g/mol. The van der Waals surface area contributed by atoms with Crippen molar-refractivity contribution in [1.82, 2.24) is 10.2 Å². The van der Waals surface area contributed by atoms with Crippen LogP contribution < -0.4 is 10.1 Å². The second-order valence-corrected chi connectivity index (χ2v) is 8.22. The summed E-state index contributed by atoms with van der Waals surface area (Å²) in [4.78, 5) is 25.6. The van der Waals surface area contributed by atoms with Gasteiger partial charge in [0.2, 0.25) is 0 Å². The molecule has 3 rings (SSSR count). The maximum absolute atomic E-state index is 12.3. The molecule has 2 aliphatic rings. The topological polar surface area (TPSA) is 77.1 Å². The van der Waals surface area contributed by atoms with Gasteiger partial charge in [-0.3, -0.25) is 0 Å². The van der Waals surface area contributed by atoms with Crippen molar-refractivity contribution in [3.05, 3.63) is 27.7 Å². The molecule has 0 saturated carbocycles. The van der Waals surface area contributed by atoms with Crippen LogP contribution in [0.2, 0.25) is 0 Å². The molecule has 26 heavy (non-hydrogen) atoms. The quantitative estimate of drug-likeness (QED) is 0.748. The first-order chi connectivity index (χ1) is 12.2. The Bertz CT molecular complexity index is 716. The second-order valence-electron chi connectivity index (χ2n) is 7.37. The predicted molar refractivity (Wildman–Crippen MR) is 98.4 cm³/mol. The Balaban J connectivity index is 1.62. The zero-order chi connectivity index (χ0) is 18.9. The molecule has 2 aliphatic heterocycles. The van der Waals surface area contributed by atoms with E-state index in [0.29, 0.717) is 37.6 Å². The lowest BCUT2D eigenvalue weighted by Gasteiger charge is -2.34. The summed E-state index contributed by atoms with van der Waals surface area (Å²) in [5.41, 5.74) is 0.773. The van der Waals surface area contributed by atoms with Crippen molar-refractivity contribution in [2.45, 2.75) is 39.0 Å². The minimum absolute atomic E-state index is 0.0305. The van der Waals surface area contributed by atoms with Crippen LogP contribution in [0.4, 0.5) is 4.79 Å². The highest BCUT2D eigenvalue weighted by Crippen LogP contribution is 2.36. The fourth-order valence-electron chi connectivity index (χ4n) is 2.92. The molecule has 0 aliphatic carbocycles. The summed E-state index contributed by atoms with van der Waals surface area (Å²) in [6.07, 6.45) is -0.315. The van der Waals surface area contributed by atoms with Crippen LogP contribution in [-0.2, 0) is 16.1 Å². The standard InChI is InChI=1S/C18H23BrN2O5/c1-18(2,3)26-17(23)21-7-6-20-11(8-21)9-24-15-13-10-25-16(22)12(13)4-5-14(15)19/h4-5,11,20H,6-10H2,1-3H3/t11-/m0/s1. The molecule has 1 aromatic rings. The summed E-state index contributed by atoms with van der Waals surface area (Å²) >= 11 is 3.47. The van der Waals surface area contributed by atoms with Crippen LogP contribution in [0.5, 0.6) is 5.75 Å². The third-order valence-electron chi connectivity index (χ3n) is 4.12. The molecule has 0 unspecified atom stereocenters. The van der Waals surface area contributed by atoms with Gasteiger partial charge in [-0.25, -0.2) is 9.59 Å². The molecular weight excluding hydrogens is 404 g/mol. The number of nitrogens with one attached hydrogen (secondary N) is 1. The lowest BCUT2D eigenvalue weighted by atomic mass is 10.1. The largest absolute Gasteiger partial charge is 0.490 e. The van der Waals surface area contributed by atoms with Gasteiger partial charge >= 0.3 is 12.1 Å². The van der Waals surface area contributed by atoms with Crippen molar-refractivity contribution in [1.29, 1.82) is 0 Å². The Hall–Kier alpha value is -1.80. The first-order valence-corrected chi connectivity index (χ1v) is 9.36. The van der Waals surface area contributed by atoms with Gasteiger partial charge in [-0.15, -0.1) is 0 Å². The van der Waals surface area contributed by atoms with Crippen molar-refractivity contribution in [3.8, 4) is 5.75 Å². The van der Waals surface area contributed by atoms with E-state index in [9.17, 15) is 9.59 Å². The van der Waals surface area contributed by atoms with Gasteiger partial charge in [0.05, 0.1) is 16.1 Å². The number of amides is 1. The Morgan fingerprint density at radius 3 is 2.92 bits per heavy atom. The van der Waals surface area contributed by atoms with Crippen LogP contribution in [0.15, 0.2) is 16.6 Å². The van der Waals surface area contributed by atoms with Crippen molar-refractivity contribution in [3.63, 3.8) is 0 Å². The van der Waals surface area contributed by atoms with Crippen LogP contribution in [-0.4, -0.2) is 54.8 Å². The van der Waals surface area contributed by atoms with Gasteiger partial charge in [-0.2, -0.15) is 0 Å². The maximum atomic E-state index is 12.3. The molecule has 1 aromatic carbocycles. The van der Waals surface area contributed by atoms with E-state index in [4.69, 9.17) is 14.2 Å². The van der Waals surface area contributed by atoms with Gasteiger partial charge in [-0.05, 0) is 48.8 Å². The lowest BCUT2D eigenvalue weighted by molar-refractivity contribution is 0.0178. The minimum Gasteiger partial charge on any atom is -0.490 e. The molecule has 0 radical (unpaired) electrons. The molecule has 8 heteroatoms. The fraction of sp³-hybridized carbons (Fsp3) is 0.556. The molecule has 1 saturated heterocycles. The van der Waals surface area contributed by atoms with E-state index < -0.39 is 5.60 Å². The van der Waals surface area contributed by atoms with E-state index in [1.807, 2.05) is 20.8 Å². The van der Waals surface area contributed by atoms with Crippen LogP contribution in [0, 0.1) is 0 Å². The summed E-state index contributed by atoms with van der Waals surface area (Å²) in [5, 5.41) is 3.35. The highest BCUT2D eigenvalue weighted by atomic mass is 79.9. The van der Waals surface area contributed by atoms with Crippen molar-refractivity contribution < 1.29 is 23.8 Å². The molecule has 7 nitrogen and oxygen atoms in total. The van der Waals surface area contributed by atoms with Crippen molar-refractivity contribution in [2.75, 3.05) is 26.2 Å². The third-order valence-corrected chi connectivity index (χ3v) is 4.74. The SMILES string of the molecule is CC(C)(C)OC(=O)N1CCN[C@H](COc2c(Br)ccc3c2COC3=O)C1. The third kappa shape index (κ3) is 4.29. The minimum atomic E-state index is -0.518. The average molecular weight is 427 g/mol. The highest BCUT2D eigenvalue weighted by molar-refractivity contribution is 9.10. The molecule has 1 amide bonds. The Morgan fingerprint density at radius 2 is 2.19 bits per heavy atom. The number of halogens is 1. The molecule has 1 atom stereocenters. The van der Waals surface area contributed by atoms with E-state index in [1.165, 1.54) is 0 Å². The van der Waals surface area contributed by atoms with Gasteiger partial charge in [0.15, 0.2) is 0 Å². The maximum Gasteiger partial charge on any atom is 0.410 e. The first-order valence-electron chi connectivity index (χ1n) is 8.57. The Kier molecular flexibility index (Phi) is 5.43. The average Bonchev–Trinajstić information content (AvgIpc) is 2.94. The predicted octanol–water partition coefficient (Wildman–Crippen LogP) is 2.71. The van der Waals surface area contributed by atoms with Crippen LogP contribution in [0.25, 0.3) is 0 Å². The molecule has 1 fully saturated rings. The Labute approximate surface area is 161 Å². The van der Waals surface area contributed by atoms with Crippen LogP contribution in [0.1, 0.15) is 36.7 Å². The van der Waals surface area contributed by atoms with Gasteiger partial charge in [0.25, 0.3) is 0 Å². The molecule has 142 valence electrons. The number of piperazine rings is 1. The van der Waals surface area contributed by atoms with E-state index in [-0.39, 0.29) is 24.7 Å². The van der Waals surface area contributed by atoms with Gasteiger partial charge in [-0.1, -0.05) is 0 Å². The number of hydrogen-bond donors (Lipinski definition) is 1. The molecule has 0 bridgehead atoms. The van der Waals surface area contributed by atoms with Crippen molar-refractivity contribution >= 4 is 28.0 Å². The number of carbonyl (C=O) groups is 2. The van der Waals surface area contributed by atoms with E-state index >= 15 is 0 Å². The smallest absolute Gasteiger partial charge is 0.410 e. The van der Waals surface area contributed by atoms with Crippen LogP contribution in [0.3, 0.4) is 0 Å². The summed E-state index contributed by atoms with van der Waals surface area (Å²) in [6.45, 7) is 7.89. The zero-order valence-electron chi connectivity index (χ0n) is 15.1. The summed E-state index contributed by atoms with van der Waals surface area (Å²) in [6, 6.07) is 3.48. The van der Waals surface area contributed by atoms with Gasteiger partial charge in [0.1, 0.15) is 24.6 Å².